The van der Waals surface area contributed by atoms with Crippen molar-refractivity contribution in [3.8, 4) is 0 Å². The third kappa shape index (κ3) is 5.60. The van der Waals surface area contributed by atoms with Gasteiger partial charge in [0.2, 0.25) is 0 Å². The number of carbonyl (C=O) groups is 1. The lowest BCUT2D eigenvalue weighted by molar-refractivity contribution is -0.344. The molecule has 1 heterocycles. The molecule has 1 unspecified atom stereocenters. The number of thiophene rings is 1. The van der Waals surface area contributed by atoms with E-state index in [1.54, 1.807) is 12.1 Å². The highest BCUT2D eigenvalue weighted by Gasteiger charge is 2.49. The second-order valence-electron chi connectivity index (χ2n) is 6.31. The predicted octanol–water partition coefficient (Wildman–Crippen LogP) is 5.80. The molecule has 27 heavy (non-hydrogen) atoms. The van der Waals surface area contributed by atoms with Gasteiger partial charge < -0.3 is 9.90 Å². The second-order valence-corrected chi connectivity index (χ2v) is 8.30. The van der Waals surface area contributed by atoms with Gasteiger partial charge in [-0.25, -0.2) is 0 Å². The minimum Gasteiger partial charge on any atom is -0.542 e. The number of rotatable bonds is 1. The van der Waals surface area contributed by atoms with Crippen LogP contribution < -0.4 is 5.11 Å². The molecule has 0 spiro atoms. The van der Waals surface area contributed by atoms with Crippen molar-refractivity contribution >= 4 is 26.5 Å². The number of carbonyl (C=O) groups excluding carboxylic acids is 1. The van der Waals surface area contributed by atoms with E-state index in [2.05, 4.69) is 0 Å². The number of hydrogen-bond acceptors (Lipinski definition) is 2. The Kier molecular flexibility index (Phi) is 6.77. The maximum Gasteiger partial charge on any atom is 0.600 e. The van der Waals surface area contributed by atoms with Crippen LogP contribution in [0.25, 0.3) is 10.1 Å². The fraction of sp³-hybridized carbons (Fsp3) is 0.500. The molecule has 0 bridgehead atoms. The molecule has 2 aromatic rings. The number of aliphatic carboxylic acids is 1. The minimum atomic E-state index is -5.19. The minimum absolute atomic E-state index is 0.120. The van der Waals surface area contributed by atoms with Gasteiger partial charge in [-0.2, -0.15) is 13.2 Å². The van der Waals surface area contributed by atoms with E-state index in [0.29, 0.717) is 9.58 Å². The highest BCUT2D eigenvalue weighted by Crippen LogP contribution is 2.54. The first-order valence-electron chi connectivity index (χ1n) is 8.41. The molecule has 9 heteroatoms. The van der Waals surface area contributed by atoms with Crippen LogP contribution in [0.3, 0.4) is 0 Å². The van der Waals surface area contributed by atoms with Crippen LogP contribution >= 0.6 is 10.5 Å². The molecule has 0 amide bonds. The second kappa shape index (κ2) is 8.50. The van der Waals surface area contributed by atoms with Crippen LogP contribution in [0.15, 0.2) is 30.3 Å². The van der Waals surface area contributed by atoms with Gasteiger partial charge in [0.1, 0.15) is 5.97 Å². The molecule has 3 rings (SSSR count). The summed E-state index contributed by atoms with van der Waals surface area (Å²) < 4.78 is 72.6. The van der Waals surface area contributed by atoms with Crippen LogP contribution in [-0.4, -0.2) is 12.1 Å². The Labute approximate surface area is 154 Å². The van der Waals surface area contributed by atoms with Crippen molar-refractivity contribution in [2.45, 2.75) is 56.1 Å². The Hall–Kier alpha value is -1.77. The Morgan fingerprint density at radius 2 is 1.48 bits per heavy atom. The zero-order valence-corrected chi connectivity index (χ0v) is 15.0. The van der Waals surface area contributed by atoms with Gasteiger partial charge in [-0.05, 0) is 25.0 Å². The lowest BCUT2D eigenvalue weighted by atomic mass is 9.98. The first-order valence-corrected chi connectivity index (χ1v) is 9.64. The number of carboxylic acids is 1. The normalized spacial score (nSPS) is 17.2. The third-order valence-corrected chi connectivity index (χ3v) is 6.59. The maximum atomic E-state index is 13.5. The largest absolute Gasteiger partial charge is 0.600 e. The Bertz CT molecular complexity index is 770. The van der Waals surface area contributed by atoms with Crippen molar-refractivity contribution in [2.24, 2.45) is 0 Å². The Balaban J connectivity index is 0.000000321. The molecular formula is C18H18F6O2S. The van der Waals surface area contributed by atoms with E-state index < -0.39 is 28.1 Å². The first-order chi connectivity index (χ1) is 12.5. The number of fused-ring (bicyclic) bond motifs is 1. The fourth-order valence-corrected chi connectivity index (χ4v) is 5.39. The van der Waals surface area contributed by atoms with Crippen molar-refractivity contribution in [2.75, 3.05) is 0 Å². The molecule has 0 N–H and O–H groups in total. The molecule has 0 saturated heterocycles. The lowest BCUT2D eigenvalue weighted by Gasteiger charge is -2.10. The van der Waals surface area contributed by atoms with E-state index in [-0.39, 0.29) is 5.92 Å². The quantitative estimate of drug-likeness (QED) is 0.337. The van der Waals surface area contributed by atoms with Crippen molar-refractivity contribution in [1.29, 1.82) is 0 Å². The third-order valence-electron chi connectivity index (χ3n) is 4.39. The SMILES string of the molecule is FC(F)(F)[s+]1c(C2CCCCCC2)cc2ccccc21.O=C([O-])C(F)(F)F. The molecule has 0 radical (unpaired) electrons. The van der Waals surface area contributed by atoms with Crippen molar-refractivity contribution in [3.05, 3.63) is 35.2 Å². The summed E-state index contributed by atoms with van der Waals surface area (Å²) in [5, 5.41) is 9.56. The van der Waals surface area contributed by atoms with Crippen LogP contribution in [0.2, 0.25) is 0 Å². The number of hydrogen-bond donors (Lipinski definition) is 0. The molecule has 1 atom stereocenters. The van der Waals surface area contributed by atoms with Crippen LogP contribution in [0.1, 0.15) is 49.3 Å². The summed E-state index contributed by atoms with van der Waals surface area (Å²) in [6.45, 7) is 0. The zero-order chi connectivity index (χ0) is 20.2. The Morgan fingerprint density at radius 3 is 1.96 bits per heavy atom. The van der Waals surface area contributed by atoms with Crippen LogP contribution in [0.5, 0.6) is 0 Å². The highest BCUT2D eigenvalue weighted by molar-refractivity contribution is 7.38. The van der Waals surface area contributed by atoms with E-state index in [1.807, 2.05) is 18.2 Å². The fourth-order valence-electron chi connectivity index (χ4n) is 3.23. The molecule has 1 fully saturated rings. The number of benzene rings is 1. The number of carboxylic acid groups (broad SMARTS) is 1. The van der Waals surface area contributed by atoms with E-state index in [9.17, 15) is 26.3 Å². The molecule has 1 saturated carbocycles. The van der Waals surface area contributed by atoms with Crippen LogP contribution in [0.4, 0.5) is 26.3 Å². The number of alkyl halides is 6. The highest BCUT2D eigenvalue weighted by atomic mass is 32.2. The number of halogens is 6. The van der Waals surface area contributed by atoms with Gasteiger partial charge in [0, 0.05) is 17.4 Å². The lowest BCUT2D eigenvalue weighted by Crippen LogP contribution is -2.37. The van der Waals surface area contributed by atoms with Gasteiger partial charge in [0.15, 0.2) is 9.58 Å². The van der Waals surface area contributed by atoms with Gasteiger partial charge in [-0.3, -0.25) is 0 Å². The topological polar surface area (TPSA) is 40.1 Å². The van der Waals surface area contributed by atoms with E-state index >= 15 is 0 Å². The molecule has 1 aromatic carbocycles. The molecule has 1 aromatic heterocycles. The smallest absolute Gasteiger partial charge is 0.542 e. The zero-order valence-electron chi connectivity index (χ0n) is 14.2. The van der Waals surface area contributed by atoms with Crippen molar-refractivity contribution in [1.82, 2.24) is 0 Å². The summed E-state index contributed by atoms with van der Waals surface area (Å²) in [5.41, 5.74) is -4.15. The molecule has 2 nitrogen and oxygen atoms in total. The predicted molar refractivity (Wildman–Crippen MR) is 89.2 cm³/mol. The van der Waals surface area contributed by atoms with Gasteiger partial charge in [0.25, 0.3) is 0 Å². The average molecular weight is 412 g/mol. The molecule has 0 aliphatic heterocycles. The molecule has 1 aliphatic rings. The summed E-state index contributed by atoms with van der Waals surface area (Å²) in [7, 11) is -1.70. The molecular weight excluding hydrogens is 394 g/mol. The van der Waals surface area contributed by atoms with Crippen molar-refractivity contribution < 1.29 is 36.2 Å². The monoisotopic (exact) mass is 412 g/mol. The summed E-state index contributed by atoms with van der Waals surface area (Å²) in [6, 6.07) is 8.82. The van der Waals surface area contributed by atoms with Gasteiger partial charge in [-0.15, -0.1) is 13.2 Å². The van der Waals surface area contributed by atoms with Crippen molar-refractivity contribution in [3.63, 3.8) is 0 Å². The van der Waals surface area contributed by atoms with E-state index in [0.717, 1.165) is 43.9 Å². The maximum absolute atomic E-state index is 13.5. The van der Waals surface area contributed by atoms with Crippen LogP contribution in [-0.2, 0) is 10.3 Å². The van der Waals surface area contributed by atoms with Crippen LogP contribution in [0, 0.1) is 0 Å². The standard InChI is InChI=1S/C16H18F3S.C2HF3O2/c17-16(18,19)20-14-10-6-5-9-13(14)11-15(20)12-7-3-1-2-4-8-12;3-2(4,5)1(6)7/h5-6,9-12H,1-4,7-8H2;(H,6,7)/q+1;/p-1. The molecule has 1 aliphatic carbocycles. The van der Waals surface area contributed by atoms with E-state index in [1.165, 1.54) is 0 Å². The Morgan fingerprint density at radius 1 is 0.963 bits per heavy atom. The summed E-state index contributed by atoms with van der Waals surface area (Å²) in [5.74, 6) is -2.89. The summed E-state index contributed by atoms with van der Waals surface area (Å²) in [6.07, 6.45) is 1.09. The van der Waals surface area contributed by atoms with E-state index in [4.69, 9.17) is 9.90 Å². The first kappa shape index (κ1) is 21.5. The van der Waals surface area contributed by atoms with Gasteiger partial charge in [-0.1, -0.05) is 37.8 Å². The average Bonchev–Trinajstić information content (AvgIpc) is 2.75. The summed E-state index contributed by atoms with van der Waals surface area (Å²) >= 11 is 0. The van der Waals surface area contributed by atoms with Gasteiger partial charge >= 0.3 is 11.7 Å². The van der Waals surface area contributed by atoms with Gasteiger partial charge in [0.05, 0.1) is 10.5 Å². The molecule has 150 valence electrons. The summed E-state index contributed by atoms with van der Waals surface area (Å²) in [4.78, 5) is 9.42.